The van der Waals surface area contributed by atoms with Crippen LogP contribution in [0.15, 0.2) is 36.4 Å². The molecular formula is C17H16ClNO3S. The molecule has 1 amide bonds. The molecule has 1 aromatic carbocycles. The third kappa shape index (κ3) is 4.94. The van der Waals surface area contributed by atoms with Gasteiger partial charge >= 0.3 is 5.97 Å². The fraction of sp³-hybridized carbons (Fsp3) is 0.176. The predicted molar refractivity (Wildman–Crippen MR) is 94.1 cm³/mol. The number of benzene rings is 1. The average Bonchev–Trinajstić information content (AvgIpc) is 2.86. The summed E-state index contributed by atoms with van der Waals surface area (Å²) >= 11 is 7.09. The molecule has 0 aliphatic heterocycles. The van der Waals surface area contributed by atoms with Gasteiger partial charge in [-0.1, -0.05) is 23.7 Å². The van der Waals surface area contributed by atoms with Crippen molar-refractivity contribution in [3.63, 3.8) is 0 Å². The highest BCUT2D eigenvalue weighted by Crippen LogP contribution is 2.27. The molecule has 0 atom stereocenters. The van der Waals surface area contributed by atoms with Gasteiger partial charge in [0.15, 0.2) is 0 Å². The van der Waals surface area contributed by atoms with Gasteiger partial charge in [-0.25, -0.2) is 4.79 Å². The normalized spacial score (nSPS) is 10.7. The number of rotatable bonds is 5. The van der Waals surface area contributed by atoms with Crippen molar-refractivity contribution in [3.05, 3.63) is 57.4 Å². The van der Waals surface area contributed by atoms with Gasteiger partial charge in [-0.3, -0.25) is 4.79 Å². The molecule has 4 nitrogen and oxygen atoms in total. The summed E-state index contributed by atoms with van der Waals surface area (Å²) in [5.74, 6) is -0.647. The van der Waals surface area contributed by atoms with Crippen molar-refractivity contribution >= 4 is 45.9 Å². The van der Waals surface area contributed by atoms with E-state index in [9.17, 15) is 9.59 Å². The van der Waals surface area contributed by atoms with Crippen LogP contribution in [0.2, 0.25) is 5.02 Å². The molecule has 0 saturated heterocycles. The van der Waals surface area contributed by atoms with Crippen molar-refractivity contribution in [2.75, 3.05) is 11.9 Å². The van der Waals surface area contributed by atoms with E-state index in [0.29, 0.717) is 21.5 Å². The van der Waals surface area contributed by atoms with E-state index in [4.69, 9.17) is 16.3 Å². The molecule has 0 aliphatic rings. The van der Waals surface area contributed by atoms with Crippen LogP contribution in [-0.2, 0) is 9.53 Å². The molecule has 0 bridgehead atoms. The van der Waals surface area contributed by atoms with Crippen molar-refractivity contribution in [2.45, 2.75) is 13.8 Å². The lowest BCUT2D eigenvalue weighted by atomic mass is 10.2. The zero-order valence-corrected chi connectivity index (χ0v) is 14.3. The summed E-state index contributed by atoms with van der Waals surface area (Å²) in [6, 6.07) is 8.95. The molecule has 0 fully saturated rings. The number of amides is 1. The Morgan fingerprint density at radius 2 is 2.13 bits per heavy atom. The Hall–Kier alpha value is -2.11. The highest BCUT2D eigenvalue weighted by molar-refractivity contribution is 7.18. The number of esters is 1. The van der Waals surface area contributed by atoms with Crippen molar-refractivity contribution in [1.82, 2.24) is 0 Å². The summed E-state index contributed by atoms with van der Waals surface area (Å²) in [4.78, 5) is 24.2. The summed E-state index contributed by atoms with van der Waals surface area (Å²) < 4.78 is 4.98. The Labute approximate surface area is 143 Å². The van der Waals surface area contributed by atoms with Crippen LogP contribution in [0.5, 0.6) is 0 Å². The number of aryl methyl sites for hydroxylation is 1. The lowest BCUT2D eigenvalue weighted by Crippen LogP contribution is -2.06. The van der Waals surface area contributed by atoms with E-state index in [2.05, 4.69) is 5.32 Å². The Bertz CT molecular complexity index is 752. The Balaban J connectivity index is 2.03. The fourth-order valence-corrected chi connectivity index (χ4v) is 3.06. The molecule has 0 saturated carbocycles. The van der Waals surface area contributed by atoms with Crippen molar-refractivity contribution < 1.29 is 14.3 Å². The average molecular weight is 350 g/mol. The highest BCUT2D eigenvalue weighted by atomic mass is 35.5. The Morgan fingerprint density at radius 1 is 1.35 bits per heavy atom. The van der Waals surface area contributed by atoms with E-state index in [1.807, 2.05) is 12.1 Å². The summed E-state index contributed by atoms with van der Waals surface area (Å²) in [7, 11) is 0. The van der Waals surface area contributed by atoms with Gasteiger partial charge in [-0.15, -0.1) is 11.3 Å². The first-order valence-corrected chi connectivity index (χ1v) is 8.21. The van der Waals surface area contributed by atoms with Crippen molar-refractivity contribution in [2.24, 2.45) is 0 Å². The van der Waals surface area contributed by atoms with Gasteiger partial charge in [0.2, 0.25) is 5.91 Å². The number of anilines is 1. The van der Waals surface area contributed by atoms with Gasteiger partial charge in [-0.05, 0) is 49.2 Å². The standard InChI is InChI=1S/C17H16ClNO3S/c1-3-22-17(21)16-11(2)9-15(23-16)19-14(20)8-7-12-5-4-6-13(18)10-12/h4-10H,3H2,1-2H3,(H,19,20)/b8-7+. The summed E-state index contributed by atoms with van der Waals surface area (Å²) in [6.07, 6.45) is 3.10. The largest absolute Gasteiger partial charge is 0.462 e. The van der Waals surface area contributed by atoms with Gasteiger partial charge < -0.3 is 10.1 Å². The number of thiophene rings is 1. The smallest absolute Gasteiger partial charge is 0.348 e. The number of carbonyl (C=O) groups is 2. The van der Waals surface area contributed by atoms with Gasteiger partial charge in [0.05, 0.1) is 11.6 Å². The molecule has 2 rings (SSSR count). The number of nitrogens with one attached hydrogen (secondary N) is 1. The van der Waals surface area contributed by atoms with E-state index in [-0.39, 0.29) is 11.9 Å². The summed E-state index contributed by atoms with van der Waals surface area (Å²) in [5.41, 5.74) is 1.62. The second-order valence-electron chi connectivity index (χ2n) is 4.72. The Morgan fingerprint density at radius 3 is 2.83 bits per heavy atom. The number of carbonyl (C=O) groups excluding carboxylic acids is 2. The zero-order chi connectivity index (χ0) is 16.8. The van der Waals surface area contributed by atoms with Gasteiger partial charge in [-0.2, -0.15) is 0 Å². The van der Waals surface area contributed by atoms with Crippen LogP contribution in [0.25, 0.3) is 6.08 Å². The zero-order valence-electron chi connectivity index (χ0n) is 12.8. The molecule has 1 N–H and O–H groups in total. The highest BCUT2D eigenvalue weighted by Gasteiger charge is 2.15. The van der Waals surface area contributed by atoms with Crippen LogP contribution in [0, 0.1) is 6.92 Å². The molecule has 0 spiro atoms. The first kappa shape index (κ1) is 17.2. The van der Waals surface area contributed by atoms with Crippen LogP contribution in [0.4, 0.5) is 5.00 Å². The molecule has 2 aromatic rings. The molecule has 1 aromatic heterocycles. The molecule has 0 radical (unpaired) electrons. The third-order valence-corrected chi connectivity index (χ3v) is 4.27. The number of hydrogen-bond acceptors (Lipinski definition) is 4. The lowest BCUT2D eigenvalue weighted by molar-refractivity contribution is -0.111. The molecule has 23 heavy (non-hydrogen) atoms. The van der Waals surface area contributed by atoms with Crippen LogP contribution in [0.1, 0.15) is 27.7 Å². The first-order chi connectivity index (χ1) is 11.0. The molecule has 120 valence electrons. The molecule has 6 heteroatoms. The van der Waals surface area contributed by atoms with Crippen molar-refractivity contribution in [1.29, 1.82) is 0 Å². The molecular weight excluding hydrogens is 334 g/mol. The molecule has 1 heterocycles. The lowest BCUT2D eigenvalue weighted by Gasteiger charge is -1.99. The third-order valence-electron chi connectivity index (χ3n) is 2.90. The van der Waals surface area contributed by atoms with E-state index < -0.39 is 0 Å². The number of ether oxygens (including phenoxy) is 1. The van der Waals surface area contributed by atoms with E-state index >= 15 is 0 Å². The minimum absolute atomic E-state index is 0.276. The second-order valence-corrected chi connectivity index (χ2v) is 6.21. The fourth-order valence-electron chi connectivity index (χ4n) is 1.89. The maximum atomic E-state index is 11.9. The minimum atomic E-state index is -0.370. The monoisotopic (exact) mass is 349 g/mol. The second kappa shape index (κ2) is 7.94. The maximum Gasteiger partial charge on any atom is 0.348 e. The summed E-state index contributed by atoms with van der Waals surface area (Å²) in [5, 5.41) is 3.95. The SMILES string of the molecule is CCOC(=O)c1sc(NC(=O)/C=C/c2cccc(Cl)c2)cc1C. The van der Waals surface area contributed by atoms with Gasteiger partial charge in [0.25, 0.3) is 0 Å². The maximum absolute atomic E-state index is 11.9. The first-order valence-electron chi connectivity index (χ1n) is 7.01. The number of halogens is 1. The minimum Gasteiger partial charge on any atom is -0.462 e. The number of hydrogen-bond donors (Lipinski definition) is 1. The van der Waals surface area contributed by atoms with E-state index in [1.165, 1.54) is 17.4 Å². The topological polar surface area (TPSA) is 55.4 Å². The van der Waals surface area contributed by atoms with Crippen LogP contribution >= 0.6 is 22.9 Å². The molecule has 0 aliphatic carbocycles. The Kier molecular flexibility index (Phi) is 5.96. The van der Waals surface area contributed by atoms with Crippen LogP contribution < -0.4 is 5.32 Å². The van der Waals surface area contributed by atoms with Crippen molar-refractivity contribution in [3.8, 4) is 0 Å². The van der Waals surface area contributed by atoms with Gasteiger partial charge in [0, 0.05) is 11.1 Å². The van der Waals surface area contributed by atoms with Crippen LogP contribution in [-0.4, -0.2) is 18.5 Å². The van der Waals surface area contributed by atoms with E-state index in [0.717, 1.165) is 11.1 Å². The van der Waals surface area contributed by atoms with Crippen LogP contribution in [0.3, 0.4) is 0 Å². The predicted octanol–water partition coefficient (Wildman–Crippen LogP) is 4.54. The quantitative estimate of drug-likeness (QED) is 0.637. The van der Waals surface area contributed by atoms with E-state index in [1.54, 1.807) is 38.1 Å². The molecule has 0 unspecified atom stereocenters. The van der Waals surface area contributed by atoms with Gasteiger partial charge in [0.1, 0.15) is 4.88 Å². The summed E-state index contributed by atoms with van der Waals surface area (Å²) in [6.45, 7) is 3.88.